The first-order valence-corrected chi connectivity index (χ1v) is 5.39. The van der Waals surface area contributed by atoms with Gasteiger partial charge in [-0.25, -0.2) is 0 Å². The van der Waals surface area contributed by atoms with Gasteiger partial charge in [-0.3, -0.25) is 0 Å². The van der Waals surface area contributed by atoms with Crippen LogP contribution < -0.4 is 0 Å². The number of hydrogen-bond acceptors (Lipinski definition) is 1. The molecule has 1 atom stereocenters. The molecule has 0 aliphatic rings. The molecular formula is C13H17F3O. The van der Waals surface area contributed by atoms with Gasteiger partial charge in [0.15, 0.2) is 6.10 Å². The molecule has 0 heterocycles. The monoisotopic (exact) mass is 246 g/mol. The van der Waals surface area contributed by atoms with Crippen LogP contribution in [0.1, 0.15) is 43.6 Å². The molecule has 4 heteroatoms. The van der Waals surface area contributed by atoms with Crippen molar-refractivity contribution in [1.29, 1.82) is 0 Å². The van der Waals surface area contributed by atoms with E-state index in [1.54, 1.807) is 6.07 Å². The van der Waals surface area contributed by atoms with E-state index in [0.717, 1.165) is 11.1 Å². The summed E-state index contributed by atoms with van der Waals surface area (Å²) in [6.45, 7) is 7.64. The van der Waals surface area contributed by atoms with Crippen molar-refractivity contribution in [3.8, 4) is 0 Å². The summed E-state index contributed by atoms with van der Waals surface area (Å²) in [5.74, 6) is 0. The molecule has 0 saturated carbocycles. The lowest BCUT2D eigenvalue weighted by molar-refractivity contribution is -0.206. The third-order valence-corrected chi connectivity index (χ3v) is 2.70. The van der Waals surface area contributed by atoms with Gasteiger partial charge in [-0.15, -0.1) is 0 Å². The lowest BCUT2D eigenvalue weighted by Gasteiger charge is -2.24. The number of aliphatic hydroxyl groups is 1. The molecule has 0 spiro atoms. The van der Waals surface area contributed by atoms with Crippen LogP contribution in [-0.2, 0) is 5.41 Å². The summed E-state index contributed by atoms with van der Waals surface area (Å²) in [5.41, 5.74) is 1.40. The van der Waals surface area contributed by atoms with Gasteiger partial charge in [0.2, 0.25) is 0 Å². The zero-order valence-electron chi connectivity index (χ0n) is 10.4. The van der Waals surface area contributed by atoms with Gasteiger partial charge in [0.05, 0.1) is 0 Å². The lowest BCUT2D eigenvalue weighted by atomic mass is 9.82. The molecule has 0 fully saturated rings. The minimum Gasteiger partial charge on any atom is -0.379 e. The van der Waals surface area contributed by atoms with E-state index in [9.17, 15) is 18.3 Å². The van der Waals surface area contributed by atoms with Crippen molar-refractivity contribution in [3.05, 3.63) is 34.9 Å². The summed E-state index contributed by atoms with van der Waals surface area (Å²) >= 11 is 0. The summed E-state index contributed by atoms with van der Waals surface area (Å²) in [6, 6.07) is 4.38. The quantitative estimate of drug-likeness (QED) is 0.797. The number of hydrogen-bond donors (Lipinski definition) is 1. The number of alkyl halides is 3. The summed E-state index contributed by atoms with van der Waals surface area (Å²) < 4.78 is 37.2. The third kappa shape index (κ3) is 3.22. The number of aryl methyl sites for hydroxylation is 1. The Morgan fingerprint density at radius 1 is 1.12 bits per heavy atom. The molecule has 1 N–H and O–H groups in total. The van der Waals surface area contributed by atoms with Crippen molar-refractivity contribution in [2.45, 2.75) is 45.4 Å². The van der Waals surface area contributed by atoms with Crippen LogP contribution in [0.15, 0.2) is 18.2 Å². The molecule has 1 nitrogen and oxygen atoms in total. The summed E-state index contributed by atoms with van der Waals surface area (Å²) in [4.78, 5) is 0. The molecule has 0 bridgehead atoms. The van der Waals surface area contributed by atoms with Crippen LogP contribution in [0.5, 0.6) is 0 Å². The number of halogens is 3. The molecular weight excluding hydrogens is 229 g/mol. The number of aliphatic hydroxyl groups excluding tert-OH is 1. The van der Waals surface area contributed by atoms with Gasteiger partial charge < -0.3 is 5.11 Å². The Balaban J connectivity index is 3.23. The zero-order valence-corrected chi connectivity index (χ0v) is 10.4. The molecule has 1 aromatic rings. The van der Waals surface area contributed by atoms with E-state index in [4.69, 9.17) is 0 Å². The van der Waals surface area contributed by atoms with Gasteiger partial charge in [-0.2, -0.15) is 13.2 Å². The average Bonchev–Trinajstić information content (AvgIpc) is 2.14. The molecule has 96 valence electrons. The second-order valence-electron chi connectivity index (χ2n) is 5.27. The molecule has 17 heavy (non-hydrogen) atoms. The van der Waals surface area contributed by atoms with Crippen LogP contribution in [-0.4, -0.2) is 11.3 Å². The zero-order chi connectivity index (χ0) is 13.4. The summed E-state index contributed by atoms with van der Waals surface area (Å²) in [6.07, 6.45) is -7.03. The van der Waals surface area contributed by atoms with E-state index >= 15 is 0 Å². The predicted octanol–water partition coefficient (Wildman–Crippen LogP) is 3.89. The largest absolute Gasteiger partial charge is 0.418 e. The molecule has 1 rings (SSSR count). The fourth-order valence-corrected chi connectivity index (χ4v) is 1.81. The molecule has 1 aromatic carbocycles. The Morgan fingerprint density at radius 3 is 2.06 bits per heavy atom. The predicted molar refractivity (Wildman–Crippen MR) is 60.9 cm³/mol. The van der Waals surface area contributed by atoms with Crippen LogP contribution >= 0.6 is 0 Å². The first kappa shape index (κ1) is 14.0. The first-order valence-electron chi connectivity index (χ1n) is 5.39. The summed E-state index contributed by atoms with van der Waals surface area (Å²) in [5, 5.41) is 9.21. The van der Waals surface area contributed by atoms with Crippen LogP contribution in [0.3, 0.4) is 0 Å². The topological polar surface area (TPSA) is 20.2 Å². The van der Waals surface area contributed by atoms with E-state index in [0.29, 0.717) is 0 Å². The fourth-order valence-electron chi connectivity index (χ4n) is 1.81. The maximum atomic E-state index is 12.4. The van der Waals surface area contributed by atoms with Crippen molar-refractivity contribution in [1.82, 2.24) is 0 Å². The SMILES string of the molecule is Cc1ccc(C(O)C(F)(F)F)cc1C(C)(C)C. The first-order chi connectivity index (χ1) is 7.53. The van der Waals surface area contributed by atoms with Gasteiger partial charge >= 0.3 is 6.18 Å². The van der Waals surface area contributed by atoms with E-state index < -0.39 is 12.3 Å². The minimum absolute atomic E-state index is 0.104. The third-order valence-electron chi connectivity index (χ3n) is 2.70. The second-order valence-corrected chi connectivity index (χ2v) is 5.27. The van der Waals surface area contributed by atoms with Gasteiger partial charge in [-0.05, 0) is 29.0 Å². The van der Waals surface area contributed by atoms with Crippen molar-refractivity contribution in [3.63, 3.8) is 0 Å². The fraction of sp³-hybridized carbons (Fsp3) is 0.538. The minimum atomic E-state index is -4.62. The maximum Gasteiger partial charge on any atom is 0.418 e. The molecule has 0 amide bonds. The van der Waals surface area contributed by atoms with Gasteiger partial charge in [0, 0.05) is 0 Å². The van der Waals surface area contributed by atoms with Crippen LogP contribution in [0.25, 0.3) is 0 Å². The van der Waals surface area contributed by atoms with E-state index in [1.807, 2.05) is 27.7 Å². The lowest BCUT2D eigenvalue weighted by Crippen LogP contribution is -2.21. The highest BCUT2D eigenvalue weighted by atomic mass is 19.4. The molecule has 0 aliphatic carbocycles. The van der Waals surface area contributed by atoms with Gasteiger partial charge in [0.1, 0.15) is 0 Å². The Hall–Kier alpha value is -1.03. The maximum absolute atomic E-state index is 12.4. The smallest absolute Gasteiger partial charge is 0.379 e. The Labute approximate surface area is 99.3 Å². The van der Waals surface area contributed by atoms with E-state index in [-0.39, 0.29) is 11.0 Å². The van der Waals surface area contributed by atoms with E-state index in [2.05, 4.69) is 0 Å². The van der Waals surface area contributed by atoms with E-state index in [1.165, 1.54) is 12.1 Å². The highest BCUT2D eigenvalue weighted by Gasteiger charge is 2.39. The number of rotatable bonds is 1. The molecule has 0 saturated heterocycles. The van der Waals surface area contributed by atoms with Crippen molar-refractivity contribution in [2.24, 2.45) is 0 Å². The van der Waals surface area contributed by atoms with Gasteiger partial charge in [-0.1, -0.05) is 39.0 Å². The van der Waals surface area contributed by atoms with Crippen molar-refractivity contribution in [2.75, 3.05) is 0 Å². The highest BCUT2D eigenvalue weighted by Crippen LogP contribution is 2.35. The highest BCUT2D eigenvalue weighted by molar-refractivity contribution is 5.37. The number of benzene rings is 1. The standard InChI is InChI=1S/C13H17F3O/c1-8-5-6-9(11(17)13(14,15)16)7-10(8)12(2,3)4/h5-7,11,17H,1-4H3. The Bertz CT molecular complexity index is 402. The average molecular weight is 246 g/mol. The molecule has 0 aromatic heterocycles. The van der Waals surface area contributed by atoms with Gasteiger partial charge in [0.25, 0.3) is 0 Å². The second kappa shape index (κ2) is 4.33. The summed E-state index contributed by atoms with van der Waals surface area (Å²) in [7, 11) is 0. The van der Waals surface area contributed by atoms with Crippen LogP contribution in [0.4, 0.5) is 13.2 Å². The molecule has 1 unspecified atom stereocenters. The molecule has 0 radical (unpaired) electrons. The molecule has 0 aliphatic heterocycles. The normalized spacial score (nSPS) is 14.8. The van der Waals surface area contributed by atoms with Crippen LogP contribution in [0.2, 0.25) is 0 Å². The van der Waals surface area contributed by atoms with Crippen LogP contribution in [0, 0.1) is 6.92 Å². The Kier molecular flexibility index (Phi) is 3.58. The Morgan fingerprint density at radius 2 is 1.65 bits per heavy atom. The van der Waals surface area contributed by atoms with Crippen molar-refractivity contribution < 1.29 is 18.3 Å². The van der Waals surface area contributed by atoms with Crippen molar-refractivity contribution >= 4 is 0 Å².